The number of para-hydroxylation sites is 1. The number of benzene rings is 1. The summed E-state index contributed by atoms with van der Waals surface area (Å²) in [6, 6.07) is 8.29. The summed E-state index contributed by atoms with van der Waals surface area (Å²) < 4.78 is 2.12. The van der Waals surface area contributed by atoms with E-state index in [1.165, 1.54) is 16.5 Å². The van der Waals surface area contributed by atoms with Crippen molar-refractivity contribution in [1.82, 2.24) is 4.57 Å². The van der Waals surface area contributed by atoms with Gasteiger partial charge in [-0.15, -0.1) is 0 Å². The summed E-state index contributed by atoms with van der Waals surface area (Å²) in [6.07, 6.45) is 2.12. The van der Waals surface area contributed by atoms with Gasteiger partial charge in [0.05, 0.1) is 0 Å². The zero-order valence-electron chi connectivity index (χ0n) is 10.8. The van der Waals surface area contributed by atoms with Crippen LogP contribution in [0.25, 0.3) is 10.9 Å². The fourth-order valence-electron chi connectivity index (χ4n) is 2.17. The first kappa shape index (κ1) is 12.1. The highest BCUT2D eigenvalue weighted by Gasteiger charge is 2.28. The van der Waals surface area contributed by atoms with Gasteiger partial charge in [0, 0.05) is 30.2 Å². The second-order valence-corrected chi connectivity index (χ2v) is 5.38. The molecule has 1 unspecified atom stereocenters. The highest BCUT2D eigenvalue weighted by Crippen LogP contribution is 2.34. The Hall–Kier alpha value is -1.32. The summed E-state index contributed by atoms with van der Waals surface area (Å²) in [4.78, 5) is 0. The predicted octanol–water partition coefficient (Wildman–Crippen LogP) is 2.16. The Bertz CT molecular complexity index is 525. The molecular weight excluding hydrogens is 210 g/mol. The smallest absolute Gasteiger partial charge is 0.0481 e. The Labute approximate surface area is 102 Å². The van der Waals surface area contributed by atoms with Crippen LogP contribution in [-0.2, 0) is 7.05 Å². The van der Waals surface area contributed by atoms with Gasteiger partial charge in [-0.2, -0.15) is 0 Å². The van der Waals surface area contributed by atoms with Gasteiger partial charge in [-0.05, 0) is 23.6 Å². The highest BCUT2D eigenvalue weighted by molar-refractivity contribution is 5.84. The van der Waals surface area contributed by atoms with Crippen molar-refractivity contribution in [3.63, 3.8) is 0 Å². The number of aryl methyl sites for hydroxylation is 1. The van der Waals surface area contributed by atoms with Crippen LogP contribution in [0.15, 0.2) is 30.5 Å². The van der Waals surface area contributed by atoms with Gasteiger partial charge in [-0.1, -0.05) is 32.0 Å². The van der Waals surface area contributed by atoms with Crippen LogP contribution in [0.5, 0.6) is 0 Å². The van der Waals surface area contributed by atoms with E-state index in [-0.39, 0.29) is 11.5 Å². The minimum absolute atomic E-state index is 0.0430. The van der Waals surface area contributed by atoms with Crippen LogP contribution in [0.1, 0.15) is 25.5 Å². The molecule has 0 aliphatic rings. The standard InChI is InChI=1S/C14H21N3/c1-14(2,9-15)13(16)11-8-17(3)12-7-5-4-6-10(11)12/h4-8,13H,9,15-16H2,1-3H3. The highest BCUT2D eigenvalue weighted by atomic mass is 14.9. The first-order valence-corrected chi connectivity index (χ1v) is 5.97. The number of fused-ring (bicyclic) bond motifs is 1. The maximum atomic E-state index is 6.37. The molecule has 1 aromatic carbocycles. The minimum atomic E-state index is -0.0931. The van der Waals surface area contributed by atoms with Gasteiger partial charge >= 0.3 is 0 Å². The molecule has 2 rings (SSSR count). The quantitative estimate of drug-likeness (QED) is 0.850. The number of hydrogen-bond donors (Lipinski definition) is 2. The van der Waals surface area contributed by atoms with Crippen molar-refractivity contribution in [2.45, 2.75) is 19.9 Å². The molecule has 4 N–H and O–H groups in total. The second-order valence-electron chi connectivity index (χ2n) is 5.38. The lowest BCUT2D eigenvalue weighted by Crippen LogP contribution is -2.35. The van der Waals surface area contributed by atoms with E-state index in [2.05, 4.69) is 36.7 Å². The van der Waals surface area contributed by atoms with Gasteiger partial charge in [0.15, 0.2) is 0 Å². The van der Waals surface area contributed by atoms with E-state index in [0.717, 1.165) is 0 Å². The Kier molecular flexibility index (Phi) is 2.98. The Morgan fingerprint density at radius 1 is 1.29 bits per heavy atom. The molecule has 3 nitrogen and oxygen atoms in total. The van der Waals surface area contributed by atoms with Crippen molar-refractivity contribution in [2.75, 3.05) is 6.54 Å². The molecule has 0 radical (unpaired) electrons. The normalized spacial score (nSPS) is 14.2. The molecule has 0 spiro atoms. The monoisotopic (exact) mass is 231 g/mol. The van der Waals surface area contributed by atoms with Gasteiger partial charge in [0.1, 0.15) is 0 Å². The number of nitrogens with two attached hydrogens (primary N) is 2. The van der Waals surface area contributed by atoms with Crippen molar-refractivity contribution in [1.29, 1.82) is 0 Å². The summed E-state index contributed by atoms with van der Waals surface area (Å²) in [7, 11) is 2.05. The van der Waals surface area contributed by atoms with E-state index < -0.39 is 0 Å². The van der Waals surface area contributed by atoms with Crippen LogP contribution < -0.4 is 11.5 Å². The minimum Gasteiger partial charge on any atom is -0.350 e. The van der Waals surface area contributed by atoms with Crippen LogP contribution in [0.2, 0.25) is 0 Å². The Morgan fingerprint density at radius 2 is 1.94 bits per heavy atom. The van der Waals surface area contributed by atoms with Crippen LogP contribution >= 0.6 is 0 Å². The molecule has 0 bridgehead atoms. The van der Waals surface area contributed by atoms with E-state index in [1.807, 2.05) is 19.2 Å². The molecule has 92 valence electrons. The van der Waals surface area contributed by atoms with Crippen molar-refractivity contribution >= 4 is 10.9 Å². The molecule has 0 saturated heterocycles. The molecule has 1 atom stereocenters. The maximum Gasteiger partial charge on any atom is 0.0481 e. The lowest BCUT2D eigenvalue weighted by Gasteiger charge is -2.30. The summed E-state index contributed by atoms with van der Waals surface area (Å²) in [6.45, 7) is 4.80. The fraction of sp³-hybridized carbons (Fsp3) is 0.429. The first-order valence-electron chi connectivity index (χ1n) is 5.97. The third-order valence-corrected chi connectivity index (χ3v) is 3.63. The van der Waals surface area contributed by atoms with E-state index in [0.29, 0.717) is 6.54 Å². The van der Waals surface area contributed by atoms with Crippen molar-refractivity contribution in [2.24, 2.45) is 23.9 Å². The van der Waals surface area contributed by atoms with E-state index >= 15 is 0 Å². The first-order chi connectivity index (χ1) is 7.97. The Balaban J connectivity index is 2.56. The molecule has 2 aromatic rings. The molecule has 0 saturated carbocycles. The molecular formula is C14H21N3. The van der Waals surface area contributed by atoms with E-state index in [1.54, 1.807) is 0 Å². The average Bonchev–Trinajstić information content (AvgIpc) is 2.66. The van der Waals surface area contributed by atoms with Crippen LogP contribution in [0, 0.1) is 5.41 Å². The predicted molar refractivity (Wildman–Crippen MR) is 72.7 cm³/mol. The van der Waals surface area contributed by atoms with Crippen molar-refractivity contribution in [3.05, 3.63) is 36.0 Å². The average molecular weight is 231 g/mol. The van der Waals surface area contributed by atoms with Gasteiger partial charge in [-0.3, -0.25) is 0 Å². The Morgan fingerprint density at radius 3 is 2.59 bits per heavy atom. The molecule has 1 aromatic heterocycles. The van der Waals surface area contributed by atoms with Crippen molar-refractivity contribution < 1.29 is 0 Å². The summed E-state index contributed by atoms with van der Waals surface area (Å²) >= 11 is 0. The summed E-state index contributed by atoms with van der Waals surface area (Å²) in [5.74, 6) is 0. The fourth-order valence-corrected chi connectivity index (χ4v) is 2.17. The lowest BCUT2D eigenvalue weighted by atomic mass is 9.81. The van der Waals surface area contributed by atoms with E-state index in [4.69, 9.17) is 11.5 Å². The van der Waals surface area contributed by atoms with Crippen LogP contribution in [0.3, 0.4) is 0 Å². The topological polar surface area (TPSA) is 57.0 Å². The zero-order chi connectivity index (χ0) is 12.6. The van der Waals surface area contributed by atoms with E-state index in [9.17, 15) is 0 Å². The van der Waals surface area contributed by atoms with Crippen LogP contribution in [0.4, 0.5) is 0 Å². The molecule has 0 fully saturated rings. The van der Waals surface area contributed by atoms with Gasteiger partial charge in [0.2, 0.25) is 0 Å². The largest absolute Gasteiger partial charge is 0.350 e. The van der Waals surface area contributed by atoms with Gasteiger partial charge < -0.3 is 16.0 Å². The molecule has 0 aliphatic heterocycles. The number of rotatable bonds is 3. The number of aromatic nitrogens is 1. The lowest BCUT2D eigenvalue weighted by molar-refractivity contribution is 0.302. The molecule has 0 amide bonds. The molecule has 3 heteroatoms. The number of hydrogen-bond acceptors (Lipinski definition) is 2. The zero-order valence-corrected chi connectivity index (χ0v) is 10.8. The van der Waals surface area contributed by atoms with Gasteiger partial charge in [0.25, 0.3) is 0 Å². The summed E-state index contributed by atoms with van der Waals surface area (Å²) in [5.41, 5.74) is 14.5. The van der Waals surface area contributed by atoms with Crippen molar-refractivity contribution in [3.8, 4) is 0 Å². The van der Waals surface area contributed by atoms with Crippen LogP contribution in [-0.4, -0.2) is 11.1 Å². The third kappa shape index (κ3) is 1.96. The SMILES string of the molecule is Cn1cc(C(N)C(C)(C)CN)c2ccccc21. The molecule has 0 aliphatic carbocycles. The molecule has 1 heterocycles. The third-order valence-electron chi connectivity index (χ3n) is 3.63. The molecule has 17 heavy (non-hydrogen) atoms. The second kappa shape index (κ2) is 4.17. The number of nitrogens with zero attached hydrogens (tertiary/aromatic N) is 1. The maximum absolute atomic E-state index is 6.37. The van der Waals surface area contributed by atoms with Gasteiger partial charge in [-0.25, -0.2) is 0 Å². The summed E-state index contributed by atoms with van der Waals surface area (Å²) in [5, 5.41) is 1.23.